The summed E-state index contributed by atoms with van der Waals surface area (Å²) in [5.41, 5.74) is 3.60. The predicted octanol–water partition coefficient (Wildman–Crippen LogP) is 2.23. The zero-order valence-electron chi connectivity index (χ0n) is 13.5. The van der Waals surface area contributed by atoms with Crippen molar-refractivity contribution in [3.63, 3.8) is 0 Å². The molecular formula is C18H20N2O3S. The Morgan fingerprint density at radius 1 is 1.17 bits per heavy atom. The molecule has 1 amide bonds. The molecule has 126 valence electrons. The van der Waals surface area contributed by atoms with Crippen molar-refractivity contribution < 1.29 is 13.2 Å². The molecule has 1 heterocycles. The van der Waals surface area contributed by atoms with Crippen LogP contribution in [0, 0.1) is 0 Å². The van der Waals surface area contributed by atoms with E-state index < -0.39 is 10.0 Å². The lowest BCUT2D eigenvalue weighted by Gasteiger charge is -2.35. The van der Waals surface area contributed by atoms with Gasteiger partial charge in [0.15, 0.2) is 0 Å². The fourth-order valence-corrected chi connectivity index (χ4v) is 3.85. The van der Waals surface area contributed by atoms with Crippen molar-refractivity contribution in [2.45, 2.75) is 25.1 Å². The second kappa shape index (κ2) is 6.37. The smallest absolute Gasteiger partial charge is 0.254 e. The Labute approximate surface area is 142 Å². The van der Waals surface area contributed by atoms with Crippen molar-refractivity contribution in [2.75, 3.05) is 6.54 Å². The van der Waals surface area contributed by atoms with Crippen LogP contribution in [0.25, 0.3) is 0 Å². The van der Waals surface area contributed by atoms with Gasteiger partial charge in [0.05, 0.1) is 11.8 Å². The second-order valence-electron chi connectivity index (χ2n) is 6.13. The number of hydrogen-bond donors (Lipinski definition) is 1. The molecule has 0 spiro atoms. The van der Waals surface area contributed by atoms with Gasteiger partial charge in [-0.15, -0.1) is 0 Å². The van der Waals surface area contributed by atoms with Crippen LogP contribution in [-0.4, -0.2) is 25.8 Å². The Hall–Kier alpha value is -2.18. The minimum Gasteiger partial charge on any atom is -0.332 e. The first-order valence-electron chi connectivity index (χ1n) is 7.83. The summed E-state index contributed by atoms with van der Waals surface area (Å²) in [6.45, 7) is 2.71. The van der Waals surface area contributed by atoms with Gasteiger partial charge in [-0.05, 0) is 42.2 Å². The summed E-state index contributed by atoms with van der Waals surface area (Å²) in [6.07, 6.45) is 0.843. The zero-order valence-corrected chi connectivity index (χ0v) is 14.3. The number of primary sulfonamides is 1. The van der Waals surface area contributed by atoms with Gasteiger partial charge >= 0.3 is 0 Å². The number of amides is 1. The third-order valence-electron chi connectivity index (χ3n) is 4.42. The summed E-state index contributed by atoms with van der Waals surface area (Å²) < 4.78 is 22.3. The zero-order chi connectivity index (χ0) is 17.3. The summed E-state index contributed by atoms with van der Waals surface area (Å²) in [5.74, 6) is -0.270. The molecule has 24 heavy (non-hydrogen) atoms. The van der Waals surface area contributed by atoms with Crippen LogP contribution in [0.2, 0.25) is 0 Å². The SMILES string of the molecule is CC1c2ccccc2CCN1C(=O)c1ccc(CS(N)(=O)=O)cc1. The van der Waals surface area contributed by atoms with Crippen molar-refractivity contribution in [1.29, 1.82) is 0 Å². The number of rotatable bonds is 3. The van der Waals surface area contributed by atoms with E-state index in [1.807, 2.05) is 24.0 Å². The van der Waals surface area contributed by atoms with Gasteiger partial charge in [-0.2, -0.15) is 0 Å². The molecule has 2 aromatic rings. The van der Waals surface area contributed by atoms with E-state index >= 15 is 0 Å². The highest BCUT2D eigenvalue weighted by Gasteiger charge is 2.27. The van der Waals surface area contributed by atoms with Crippen LogP contribution in [0.4, 0.5) is 0 Å². The molecule has 3 rings (SSSR count). The number of carbonyl (C=O) groups is 1. The standard InChI is InChI=1S/C18H20N2O3S/c1-13-17-5-3-2-4-15(17)10-11-20(13)18(21)16-8-6-14(7-9-16)12-24(19,22)23/h2-9,13H,10-12H2,1H3,(H2,19,22,23). The average Bonchev–Trinajstić information content (AvgIpc) is 2.54. The molecule has 0 bridgehead atoms. The molecule has 2 aromatic carbocycles. The molecule has 0 aliphatic carbocycles. The Morgan fingerprint density at radius 2 is 1.83 bits per heavy atom. The van der Waals surface area contributed by atoms with Crippen molar-refractivity contribution >= 4 is 15.9 Å². The predicted molar refractivity (Wildman–Crippen MR) is 92.9 cm³/mol. The van der Waals surface area contributed by atoms with Crippen LogP contribution in [0.15, 0.2) is 48.5 Å². The number of benzene rings is 2. The molecule has 2 N–H and O–H groups in total. The normalized spacial score (nSPS) is 17.4. The fraction of sp³-hybridized carbons (Fsp3) is 0.278. The number of hydrogen-bond acceptors (Lipinski definition) is 3. The Morgan fingerprint density at radius 3 is 2.50 bits per heavy atom. The minimum atomic E-state index is -3.57. The minimum absolute atomic E-state index is 0.0200. The maximum atomic E-state index is 12.8. The van der Waals surface area contributed by atoms with Crippen molar-refractivity contribution in [3.8, 4) is 0 Å². The lowest BCUT2D eigenvalue weighted by Crippen LogP contribution is -2.38. The summed E-state index contributed by atoms with van der Waals surface area (Å²) in [7, 11) is -3.57. The van der Waals surface area contributed by atoms with Crippen molar-refractivity contribution in [3.05, 3.63) is 70.8 Å². The maximum absolute atomic E-state index is 12.8. The van der Waals surface area contributed by atoms with Gasteiger partial charge in [-0.1, -0.05) is 36.4 Å². The molecule has 5 nitrogen and oxygen atoms in total. The van der Waals surface area contributed by atoms with Gasteiger partial charge in [0.1, 0.15) is 0 Å². The first-order chi connectivity index (χ1) is 11.3. The van der Waals surface area contributed by atoms with Gasteiger partial charge in [0.25, 0.3) is 5.91 Å². The van der Waals surface area contributed by atoms with E-state index in [2.05, 4.69) is 12.1 Å². The monoisotopic (exact) mass is 344 g/mol. The first-order valence-corrected chi connectivity index (χ1v) is 9.55. The lowest BCUT2D eigenvalue weighted by atomic mass is 9.93. The molecular weight excluding hydrogens is 324 g/mol. The van der Waals surface area contributed by atoms with Crippen LogP contribution in [0.5, 0.6) is 0 Å². The van der Waals surface area contributed by atoms with E-state index in [4.69, 9.17) is 5.14 Å². The fourth-order valence-electron chi connectivity index (χ4n) is 3.19. The van der Waals surface area contributed by atoms with Gasteiger partial charge in [0, 0.05) is 12.1 Å². The van der Waals surface area contributed by atoms with E-state index in [0.717, 1.165) is 6.42 Å². The van der Waals surface area contributed by atoms with Crippen LogP contribution in [0.1, 0.15) is 40.0 Å². The molecule has 1 aliphatic rings. The van der Waals surface area contributed by atoms with Crippen molar-refractivity contribution in [2.24, 2.45) is 5.14 Å². The summed E-state index contributed by atoms with van der Waals surface area (Å²) in [4.78, 5) is 14.7. The molecule has 6 heteroatoms. The van der Waals surface area contributed by atoms with Gasteiger partial charge in [-0.3, -0.25) is 4.79 Å². The Bertz CT molecular complexity index is 860. The average molecular weight is 344 g/mol. The summed E-state index contributed by atoms with van der Waals surface area (Å²) in [6, 6.07) is 14.8. The van der Waals surface area contributed by atoms with Crippen LogP contribution in [0.3, 0.4) is 0 Å². The number of fused-ring (bicyclic) bond motifs is 1. The topological polar surface area (TPSA) is 80.5 Å². The van der Waals surface area contributed by atoms with E-state index in [0.29, 0.717) is 17.7 Å². The van der Waals surface area contributed by atoms with Gasteiger partial charge < -0.3 is 4.90 Å². The van der Waals surface area contributed by atoms with Crippen molar-refractivity contribution in [1.82, 2.24) is 4.90 Å². The van der Waals surface area contributed by atoms with E-state index in [1.165, 1.54) is 11.1 Å². The highest BCUT2D eigenvalue weighted by Crippen LogP contribution is 2.30. The molecule has 0 saturated heterocycles. The second-order valence-corrected chi connectivity index (χ2v) is 7.74. The lowest BCUT2D eigenvalue weighted by molar-refractivity contribution is 0.0677. The summed E-state index contributed by atoms with van der Waals surface area (Å²) in [5, 5.41) is 5.04. The molecule has 1 aliphatic heterocycles. The highest BCUT2D eigenvalue weighted by atomic mass is 32.2. The molecule has 0 saturated carbocycles. The van der Waals surface area contributed by atoms with Gasteiger partial charge in [-0.25, -0.2) is 13.6 Å². The Kier molecular flexibility index (Phi) is 4.43. The van der Waals surface area contributed by atoms with Crippen LogP contribution >= 0.6 is 0 Å². The van der Waals surface area contributed by atoms with Crippen LogP contribution in [-0.2, 0) is 22.2 Å². The quantitative estimate of drug-likeness (QED) is 0.927. The molecule has 1 atom stereocenters. The number of nitrogens with zero attached hydrogens (tertiary/aromatic N) is 1. The number of carbonyl (C=O) groups excluding carboxylic acids is 1. The van der Waals surface area contributed by atoms with Gasteiger partial charge in [0.2, 0.25) is 10.0 Å². The van der Waals surface area contributed by atoms with Crippen LogP contribution < -0.4 is 5.14 Å². The molecule has 0 fully saturated rings. The highest BCUT2D eigenvalue weighted by molar-refractivity contribution is 7.88. The van der Waals surface area contributed by atoms with E-state index in [1.54, 1.807) is 24.3 Å². The van der Waals surface area contributed by atoms with E-state index in [9.17, 15) is 13.2 Å². The number of nitrogens with two attached hydrogens (primary N) is 1. The third kappa shape index (κ3) is 3.49. The maximum Gasteiger partial charge on any atom is 0.254 e. The molecule has 1 unspecified atom stereocenters. The first kappa shape index (κ1) is 16.7. The largest absolute Gasteiger partial charge is 0.332 e. The number of sulfonamides is 1. The molecule has 0 radical (unpaired) electrons. The van der Waals surface area contributed by atoms with E-state index in [-0.39, 0.29) is 17.7 Å². The Balaban J connectivity index is 1.80. The summed E-state index contributed by atoms with van der Waals surface area (Å²) >= 11 is 0. The molecule has 0 aromatic heterocycles. The third-order valence-corrected chi connectivity index (χ3v) is 5.16.